The molecule has 0 bridgehead atoms. The van der Waals surface area contributed by atoms with Crippen LogP contribution in [0, 0.1) is 11.6 Å². The van der Waals surface area contributed by atoms with Gasteiger partial charge < -0.3 is 5.11 Å². The van der Waals surface area contributed by atoms with E-state index in [1.54, 1.807) is 7.05 Å². The summed E-state index contributed by atoms with van der Waals surface area (Å²) >= 11 is 2.96. The number of halogens is 3. The van der Waals surface area contributed by atoms with Crippen molar-refractivity contribution in [2.75, 3.05) is 0 Å². The van der Waals surface area contributed by atoms with E-state index in [1.807, 2.05) is 0 Å². The van der Waals surface area contributed by atoms with Crippen molar-refractivity contribution in [3.8, 4) is 0 Å². The average Bonchev–Trinajstić information content (AvgIpc) is 2.70. The number of aryl methyl sites for hydroxylation is 1. The Hall–Kier alpha value is -1.27. The van der Waals surface area contributed by atoms with Gasteiger partial charge in [0.25, 0.3) is 0 Å². The molecule has 0 aliphatic carbocycles. The van der Waals surface area contributed by atoms with Crippen LogP contribution in [-0.4, -0.2) is 14.9 Å². The summed E-state index contributed by atoms with van der Waals surface area (Å²) in [6, 6.07) is 3.86. The minimum Gasteiger partial charge on any atom is -0.382 e. The van der Waals surface area contributed by atoms with E-state index in [-0.39, 0.29) is 10.0 Å². The van der Waals surface area contributed by atoms with Crippen LogP contribution in [-0.2, 0) is 7.05 Å². The van der Waals surface area contributed by atoms with Gasteiger partial charge in [-0.25, -0.2) is 8.78 Å². The van der Waals surface area contributed by atoms with E-state index in [1.165, 1.54) is 23.0 Å². The lowest BCUT2D eigenvalue weighted by Crippen LogP contribution is -2.10. The van der Waals surface area contributed by atoms with Crippen LogP contribution in [0.3, 0.4) is 0 Å². The molecule has 6 heteroatoms. The maximum atomic E-state index is 13.8. The normalized spacial score (nSPS) is 12.8. The van der Waals surface area contributed by atoms with E-state index in [2.05, 4.69) is 21.0 Å². The predicted octanol–water partition coefficient (Wildman–Crippen LogP) is 2.54. The van der Waals surface area contributed by atoms with Crippen molar-refractivity contribution in [2.45, 2.75) is 6.10 Å². The first-order valence-electron chi connectivity index (χ1n) is 4.81. The van der Waals surface area contributed by atoms with Gasteiger partial charge >= 0.3 is 0 Å². The summed E-state index contributed by atoms with van der Waals surface area (Å²) in [5, 5.41) is 13.8. The second-order valence-corrected chi connectivity index (χ2v) is 4.39. The largest absolute Gasteiger partial charge is 0.382 e. The Bertz CT molecular complexity index is 556. The summed E-state index contributed by atoms with van der Waals surface area (Å²) < 4.78 is 28.8. The van der Waals surface area contributed by atoms with Gasteiger partial charge in [0.15, 0.2) is 0 Å². The molecule has 1 N–H and O–H groups in total. The third-order valence-electron chi connectivity index (χ3n) is 2.49. The Kier molecular flexibility index (Phi) is 3.26. The van der Waals surface area contributed by atoms with E-state index in [0.29, 0.717) is 5.69 Å². The van der Waals surface area contributed by atoms with Crippen molar-refractivity contribution in [1.29, 1.82) is 0 Å². The fraction of sp³-hybridized carbons (Fsp3) is 0.182. The number of rotatable bonds is 2. The SMILES string of the molecule is Cn1nccc1C(O)c1c(F)ccc(Br)c1F. The number of aliphatic hydroxyl groups is 1. The summed E-state index contributed by atoms with van der Waals surface area (Å²) in [6.07, 6.45) is 0.0619. The first-order valence-corrected chi connectivity index (χ1v) is 5.61. The van der Waals surface area contributed by atoms with Gasteiger partial charge in [-0.05, 0) is 34.1 Å². The topological polar surface area (TPSA) is 38.0 Å². The predicted molar refractivity (Wildman–Crippen MR) is 61.3 cm³/mol. The Morgan fingerprint density at radius 3 is 2.65 bits per heavy atom. The second-order valence-electron chi connectivity index (χ2n) is 3.54. The number of aromatic nitrogens is 2. The molecule has 0 fully saturated rings. The van der Waals surface area contributed by atoms with Crippen LogP contribution in [0.4, 0.5) is 8.78 Å². The molecule has 90 valence electrons. The van der Waals surface area contributed by atoms with Crippen LogP contribution in [0.15, 0.2) is 28.9 Å². The van der Waals surface area contributed by atoms with Crippen LogP contribution >= 0.6 is 15.9 Å². The van der Waals surface area contributed by atoms with Crippen molar-refractivity contribution in [2.24, 2.45) is 7.05 Å². The van der Waals surface area contributed by atoms with Crippen molar-refractivity contribution < 1.29 is 13.9 Å². The first-order chi connectivity index (χ1) is 8.02. The van der Waals surface area contributed by atoms with Crippen molar-refractivity contribution in [1.82, 2.24) is 9.78 Å². The summed E-state index contributed by atoms with van der Waals surface area (Å²) in [6.45, 7) is 0. The van der Waals surface area contributed by atoms with Gasteiger partial charge in [0.1, 0.15) is 17.7 Å². The van der Waals surface area contributed by atoms with E-state index < -0.39 is 17.7 Å². The lowest BCUT2D eigenvalue weighted by atomic mass is 10.1. The number of hydrogen-bond acceptors (Lipinski definition) is 2. The molecular formula is C11H9BrF2N2O. The molecule has 0 amide bonds. The Morgan fingerprint density at radius 2 is 2.06 bits per heavy atom. The maximum absolute atomic E-state index is 13.8. The molecule has 2 rings (SSSR count). The third kappa shape index (κ3) is 2.10. The van der Waals surface area contributed by atoms with E-state index in [4.69, 9.17) is 0 Å². The highest BCUT2D eigenvalue weighted by Crippen LogP contribution is 2.30. The minimum absolute atomic E-state index is 0.107. The van der Waals surface area contributed by atoms with E-state index in [9.17, 15) is 13.9 Å². The summed E-state index contributed by atoms with van der Waals surface area (Å²) in [7, 11) is 1.59. The molecule has 1 atom stereocenters. The van der Waals surface area contributed by atoms with Gasteiger partial charge in [0, 0.05) is 13.2 Å². The van der Waals surface area contributed by atoms with Crippen LogP contribution in [0.1, 0.15) is 17.4 Å². The van der Waals surface area contributed by atoms with Crippen LogP contribution in [0.5, 0.6) is 0 Å². The Labute approximate surface area is 105 Å². The molecule has 1 aromatic carbocycles. The highest BCUT2D eigenvalue weighted by molar-refractivity contribution is 9.10. The van der Waals surface area contributed by atoms with Crippen molar-refractivity contribution >= 4 is 15.9 Å². The number of nitrogens with zero attached hydrogens (tertiary/aromatic N) is 2. The number of benzene rings is 1. The lowest BCUT2D eigenvalue weighted by Gasteiger charge is -2.14. The van der Waals surface area contributed by atoms with Crippen LogP contribution < -0.4 is 0 Å². The fourth-order valence-electron chi connectivity index (χ4n) is 1.59. The monoisotopic (exact) mass is 302 g/mol. The van der Waals surface area contributed by atoms with Crippen molar-refractivity contribution in [3.05, 3.63) is 51.8 Å². The molecule has 0 saturated heterocycles. The fourth-order valence-corrected chi connectivity index (χ4v) is 1.94. The minimum atomic E-state index is -1.39. The Balaban J connectivity index is 2.55. The zero-order valence-corrected chi connectivity index (χ0v) is 10.4. The van der Waals surface area contributed by atoms with Gasteiger partial charge in [-0.2, -0.15) is 5.10 Å². The molecule has 1 aromatic heterocycles. The van der Waals surface area contributed by atoms with Gasteiger partial charge in [-0.15, -0.1) is 0 Å². The molecule has 3 nitrogen and oxygen atoms in total. The molecule has 0 radical (unpaired) electrons. The lowest BCUT2D eigenvalue weighted by molar-refractivity contribution is 0.199. The third-order valence-corrected chi connectivity index (χ3v) is 3.10. The summed E-state index contributed by atoms with van der Waals surface area (Å²) in [5.41, 5.74) is -0.0659. The number of aliphatic hydroxyl groups excluding tert-OH is 1. The average molecular weight is 303 g/mol. The molecule has 1 heterocycles. The Morgan fingerprint density at radius 1 is 1.35 bits per heavy atom. The van der Waals surface area contributed by atoms with E-state index >= 15 is 0 Å². The molecule has 0 aliphatic heterocycles. The molecule has 0 spiro atoms. The van der Waals surface area contributed by atoms with Crippen molar-refractivity contribution in [3.63, 3.8) is 0 Å². The van der Waals surface area contributed by atoms with Gasteiger partial charge in [-0.1, -0.05) is 0 Å². The number of hydrogen-bond donors (Lipinski definition) is 1. The summed E-state index contributed by atoms with van der Waals surface area (Å²) in [4.78, 5) is 0. The molecule has 17 heavy (non-hydrogen) atoms. The molecule has 0 aliphatic rings. The van der Waals surface area contributed by atoms with Gasteiger partial charge in [0.2, 0.25) is 0 Å². The summed E-state index contributed by atoms with van der Waals surface area (Å²) in [5.74, 6) is -1.60. The quantitative estimate of drug-likeness (QED) is 0.866. The second kappa shape index (κ2) is 4.54. The smallest absolute Gasteiger partial charge is 0.146 e. The molecule has 1 unspecified atom stereocenters. The zero-order valence-electron chi connectivity index (χ0n) is 8.86. The highest BCUT2D eigenvalue weighted by atomic mass is 79.9. The zero-order chi connectivity index (χ0) is 12.6. The molecule has 0 saturated carbocycles. The van der Waals surface area contributed by atoms with Crippen LogP contribution in [0.25, 0.3) is 0 Å². The maximum Gasteiger partial charge on any atom is 0.146 e. The highest BCUT2D eigenvalue weighted by Gasteiger charge is 2.23. The van der Waals surface area contributed by atoms with Gasteiger partial charge in [-0.3, -0.25) is 4.68 Å². The van der Waals surface area contributed by atoms with Crippen LogP contribution in [0.2, 0.25) is 0 Å². The van der Waals surface area contributed by atoms with Gasteiger partial charge in [0.05, 0.1) is 15.7 Å². The molecule has 2 aromatic rings. The van der Waals surface area contributed by atoms with E-state index in [0.717, 1.165) is 6.07 Å². The molecular weight excluding hydrogens is 294 g/mol. The first kappa shape index (κ1) is 12.2. The standard InChI is InChI=1S/C11H9BrF2N2O/c1-16-8(4-5-15-16)11(17)9-7(13)3-2-6(12)10(9)14/h2-5,11,17H,1H3.